The largest absolute Gasteiger partial charge is 0.493 e. The summed E-state index contributed by atoms with van der Waals surface area (Å²) in [5.74, 6) is 0.0844. The van der Waals surface area contributed by atoms with E-state index in [1.54, 1.807) is 13.0 Å². The van der Waals surface area contributed by atoms with Gasteiger partial charge in [0.2, 0.25) is 0 Å². The Balaban J connectivity index is 3.48. The summed E-state index contributed by atoms with van der Waals surface area (Å²) in [6.45, 7) is 3.67. The third-order valence-electron chi connectivity index (χ3n) is 2.93. The Morgan fingerprint density at radius 1 is 1.22 bits per heavy atom. The lowest BCUT2D eigenvalue weighted by molar-refractivity contribution is -0.150. The van der Waals surface area contributed by atoms with Crippen LogP contribution in [-0.2, 0) is 9.53 Å². The Hall–Kier alpha value is -1.75. The number of ether oxygens (including phenoxy) is 3. The number of aryl methyl sites for hydroxylation is 1. The van der Waals surface area contributed by atoms with Gasteiger partial charge in [-0.25, -0.2) is 4.79 Å². The Labute approximate surface area is 106 Å². The first kappa shape index (κ1) is 14.3. The molecule has 0 aliphatic carbocycles. The summed E-state index contributed by atoms with van der Waals surface area (Å²) < 4.78 is 15.0. The predicted molar refractivity (Wildman–Crippen MR) is 66.0 cm³/mol. The fraction of sp³-hybridized carbons (Fsp3) is 0.462. The molecule has 1 atom stereocenters. The third kappa shape index (κ3) is 2.41. The standard InChI is InChI=1S/C13H18O5/c1-7-6-9(16-3)12(17-4)10(8(7)2)11(14)13(15)18-5/h6,11,14H,1-5H3. The Kier molecular flexibility index (Phi) is 4.55. The minimum atomic E-state index is -1.39. The summed E-state index contributed by atoms with van der Waals surface area (Å²) in [5, 5.41) is 10.0. The number of rotatable bonds is 4. The van der Waals surface area contributed by atoms with Gasteiger partial charge in [-0.1, -0.05) is 0 Å². The lowest BCUT2D eigenvalue weighted by atomic mass is 9.97. The van der Waals surface area contributed by atoms with Crippen LogP contribution in [0.25, 0.3) is 0 Å². The molecule has 100 valence electrons. The fourth-order valence-electron chi connectivity index (χ4n) is 1.81. The van der Waals surface area contributed by atoms with Crippen molar-refractivity contribution in [3.05, 3.63) is 22.8 Å². The lowest BCUT2D eigenvalue weighted by Crippen LogP contribution is -2.16. The molecule has 1 aromatic carbocycles. The second-order valence-corrected chi connectivity index (χ2v) is 3.89. The van der Waals surface area contributed by atoms with Crippen LogP contribution in [0.3, 0.4) is 0 Å². The first-order valence-corrected chi connectivity index (χ1v) is 5.45. The molecule has 0 bridgehead atoms. The van der Waals surface area contributed by atoms with Gasteiger partial charge in [-0.3, -0.25) is 0 Å². The van der Waals surface area contributed by atoms with Crippen molar-refractivity contribution in [2.24, 2.45) is 0 Å². The van der Waals surface area contributed by atoms with E-state index in [4.69, 9.17) is 9.47 Å². The molecule has 0 aliphatic rings. The normalized spacial score (nSPS) is 11.9. The van der Waals surface area contributed by atoms with E-state index >= 15 is 0 Å². The molecule has 0 saturated carbocycles. The van der Waals surface area contributed by atoms with Crippen molar-refractivity contribution in [2.45, 2.75) is 20.0 Å². The maximum absolute atomic E-state index is 11.5. The monoisotopic (exact) mass is 254 g/mol. The lowest BCUT2D eigenvalue weighted by Gasteiger charge is -2.19. The third-order valence-corrected chi connectivity index (χ3v) is 2.93. The molecule has 1 N–H and O–H groups in total. The van der Waals surface area contributed by atoms with Crippen LogP contribution in [0.1, 0.15) is 22.8 Å². The van der Waals surface area contributed by atoms with Crippen molar-refractivity contribution in [1.82, 2.24) is 0 Å². The number of benzene rings is 1. The number of aliphatic hydroxyl groups is 1. The van der Waals surface area contributed by atoms with Crippen LogP contribution in [0.5, 0.6) is 11.5 Å². The molecule has 0 amide bonds. The Morgan fingerprint density at radius 3 is 2.28 bits per heavy atom. The Bertz CT molecular complexity index is 453. The smallest absolute Gasteiger partial charge is 0.339 e. The number of esters is 1. The number of carbonyl (C=O) groups is 1. The molecule has 0 aliphatic heterocycles. The van der Waals surface area contributed by atoms with Gasteiger partial charge in [-0.2, -0.15) is 0 Å². The van der Waals surface area contributed by atoms with Gasteiger partial charge in [0.25, 0.3) is 0 Å². The van der Waals surface area contributed by atoms with E-state index in [2.05, 4.69) is 4.74 Å². The number of hydrogen-bond donors (Lipinski definition) is 1. The molecule has 0 spiro atoms. The molecule has 1 aromatic rings. The van der Waals surface area contributed by atoms with Gasteiger partial charge < -0.3 is 19.3 Å². The summed E-state index contributed by atoms with van der Waals surface area (Å²) in [6, 6.07) is 1.79. The topological polar surface area (TPSA) is 65.0 Å². The molecule has 18 heavy (non-hydrogen) atoms. The minimum Gasteiger partial charge on any atom is -0.493 e. The summed E-state index contributed by atoms with van der Waals surface area (Å²) in [6.07, 6.45) is -1.39. The highest BCUT2D eigenvalue weighted by Crippen LogP contribution is 2.39. The number of hydrogen-bond acceptors (Lipinski definition) is 5. The van der Waals surface area contributed by atoms with E-state index in [-0.39, 0.29) is 0 Å². The number of carbonyl (C=O) groups excluding carboxylic acids is 1. The molecule has 5 nitrogen and oxygen atoms in total. The van der Waals surface area contributed by atoms with Crippen LogP contribution in [-0.4, -0.2) is 32.4 Å². The maximum atomic E-state index is 11.5. The van der Waals surface area contributed by atoms with Gasteiger partial charge in [0.05, 0.1) is 21.3 Å². The van der Waals surface area contributed by atoms with E-state index in [0.29, 0.717) is 17.1 Å². The van der Waals surface area contributed by atoms with Crippen molar-refractivity contribution in [3.8, 4) is 11.5 Å². The molecule has 0 heterocycles. The van der Waals surface area contributed by atoms with Crippen molar-refractivity contribution >= 4 is 5.97 Å². The van der Waals surface area contributed by atoms with Crippen LogP contribution in [0.15, 0.2) is 6.07 Å². The molecule has 0 aromatic heterocycles. The van der Waals surface area contributed by atoms with Crippen LogP contribution in [0.4, 0.5) is 0 Å². The molecule has 1 unspecified atom stereocenters. The van der Waals surface area contributed by atoms with Gasteiger partial charge in [0.15, 0.2) is 17.6 Å². The van der Waals surface area contributed by atoms with Crippen LogP contribution < -0.4 is 9.47 Å². The van der Waals surface area contributed by atoms with E-state index in [1.165, 1.54) is 21.3 Å². The highest BCUT2D eigenvalue weighted by atomic mass is 16.5. The van der Waals surface area contributed by atoms with Crippen LogP contribution in [0.2, 0.25) is 0 Å². The molecule has 5 heteroatoms. The molecule has 0 saturated heterocycles. The van der Waals surface area contributed by atoms with Gasteiger partial charge in [0.1, 0.15) is 0 Å². The summed E-state index contributed by atoms with van der Waals surface area (Å²) in [4.78, 5) is 11.5. The molecular weight excluding hydrogens is 236 g/mol. The second kappa shape index (κ2) is 5.73. The van der Waals surface area contributed by atoms with Gasteiger partial charge >= 0.3 is 5.97 Å². The van der Waals surface area contributed by atoms with Gasteiger partial charge in [-0.05, 0) is 31.0 Å². The maximum Gasteiger partial charge on any atom is 0.339 e. The summed E-state index contributed by atoms with van der Waals surface area (Å²) in [5.41, 5.74) is 2.04. The average molecular weight is 254 g/mol. The van der Waals surface area contributed by atoms with Crippen LogP contribution in [0, 0.1) is 13.8 Å². The SMILES string of the molecule is COC(=O)C(O)c1c(C)c(C)cc(OC)c1OC. The predicted octanol–water partition coefficient (Wildman–Crippen LogP) is 1.53. The van der Waals surface area contributed by atoms with Gasteiger partial charge in [0, 0.05) is 5.56 Å². The van der Waals surface area contributed by atoms with Crippen molar-refractivity contribution < 1.29 is 24.1 Å². The van der Waals surface area contributed by atoms with E-state index in [9.17, 15) is 9.90 Å². The van der Waals surface area contributed by atoms with Crippen LogP contribution >= 0.6 is 0 Å². The van der Waals surface area contributed by atoms with Gasteiger partial charge in [-0.15, -0.1) is 0 Å². The zero-order chi connectivity index (χ0) is 13.9. The number of methoxy groups -OCH3 is 3. The van der Waals surface area contributed by atoms with E-state index in [1.807, 2.05) is 6.92 Å². The first-order valence-electron chi connectivity index (χ1n) is 5.45. The first-order chi connectivity index (χ1) is 8.47. The highest BCUT2D eigenvalue weighted by Gasteiger charge is 2.27. The number of aliphatic hydroxyl groups excluding tert-OH is 1. The van der Waals surface area contributed by atoms with E-state index < -0.39 is 12.1 Å². The zero-order valence-corrected chi connectivity index (χ0v) is 11.2. The quantitative estimate of drug-likeness (QED) is 0.825. The summed E-state index contributed by atoms with van der Waals surface area (Å²) >= 11 is 0. The summed E-state index contributed by atoms with van der Waals surface area (Å²) in [7, 11) is 4.18. The zero-order valence-electron chi connectivity index (χ0n) is 11.2. The van der Waals surface area contributed by atoms with Crippen molar-refractivity contribution in [2.75, 3.05) is 21.3 Å². The second-order valence-electron chi connectivity index (χ2n) is 3.89. The Morgan fingerprint density at radius 2 is 1.83 bits per heavy atom. The molecule has 0 radical (unpaired) electrons. The van der Waals surface area contributed by atoms with Crippen molar-refractivity contribution in [3.63, 3.8) is 0 Å². The van der Waals surface area contributed by atoms with E-state index in [0.717, 1.165) is 11.1 Å². The molecular formula is C13H18O5. The molecule has 0 fully saturated rings. The minimum absolute atomic E-state index is 0.346. The highest BCUT2D eigenvalue weighted by molar-refractivity contribution is 5.78. The fourth-order valence-corrected chi connectivity index (χ4v) is 1.81. The van der Waals surface area contributed by atoms with Crippen molar-refractivity contribution in [1.29, 1.82) is 0 Å². The average Bonchev–Trinajstić information content (AvgIpc) is 2.39. The molecule has 1 rings (SSSR count).